The van der Waals surface area contributed by atoms with E-state index in [1.807, 2.05) is 36.4 Å². The maximum atomic E-state index is 11.8. The van der Waals surface area contributed by atoms with Gasteiger partial charge in [0, 0.05) is 41.8 Å². The number of nitrogens with two attached hydrogens (primary N) is 1. The van der Waals surface area contributed by atoms with Crippen LogP contribution in [-0.4, -0.2) is 55.6 Å². The lowest BCUT2D eigenvalue weighted by Gasteiger charge is -2.28. The minimum atomic E-state index is -2.90. The molecule has 0 saturated carbocycles. The molecule has 9 nitrogen and oxygen atoms in total. The van der Waals surface area contributed by atoms with Gasteiger partial charge in [-0.15, -0.1) is 0 Å². The zero-order valence-corrected chi connectivity index (χ0v) is 18.2. The normalized spacial score (nSPS) is 15.2. The molecule has 0 aliphatic carbocycles. The molecule has 1 amide bonds. The molecule has 32 heavy (non-hydrogen) atoms. The van der Waals surface area contributed by atoms with Crippen LogP contribution in [0.4, 0.5) is 17.3 Å². The number of hydrogen-bond donors (Lipinski definition) is 3. The first-order chi connectivity index (χ1) is 15.4. The van der Waals surface area contributed by atoms with E-state index in [0.717, 1.165) is 22.6 Å². The summed E-state index contributed by atoms with van der Waals surface area (Å²) >= 11 is 0. The van der Waals surface area contributed by atoms with Crippen LogP contribution >= 0.6 is 0 Å². The van der Waals surface area contributed by atoms with Crippen LogP contribution in [0.3, 0.4) is 0 Å². The number of sulfone groups is 1. The molecule has 1 aliphatic heterocycles. The Balaban J connectivity index is 1.43. The number of aromatic nitrogens is 2. The first-order valence-electron chi connectivity index (χ1n) is 10.2. The molecule has 1 saturated heterocycles. The summed E-state index contributed by atoms with van der Waals surface area (Å²) in [6, 6.07) is 16.6. The SMILES string of the molecule is NCNC(=O)c1ccc(-c2ccnc(Nc3ccc(N4CCS(=O)(=O)CC4)cc3)n2)cc1. The third-order valence-electron chi connectivity index (χ3n) is 5.19. The first-order valence-corrected chi connectivity index (χ1v) is 12.0. The summed E-state index contributed by atoms with van der Waals surface area (Å²) in [6.07, 6.45) is 1.67. The van der Waals surface area contributed by atoms with Crippen molar-refractivity contribution in [2.75, 3.05) is 41.5 Å². The minimum Gasteiger partial charge on any atom is -0.369 e. The number of carbonyl (C=O) groups is 1. The van der Waals surface area contributed by atoms with Crippen molar-refractivity contribution < 1.29 is 13.2 Å². The van der Waals surface area contributed by atoms with Crippen LogP contribution < -0.4 is 21.3 Å². The van der Waals surface area contributed by atoms with E-state index in [9.17, 15) is 13.2 Å². The predicted octanol–water partition coefficient (Wildman–Crippen LogP) is 1.77. The van der Waals surface area contributed by atoms with E-state index in [2.05, 4.69) is 25.5 Å². The number of nitrogens with zero attached hydrogens (tertiary/aromatic N) is 3. The molecule has 0 spiro atoms. The molecule has 0 radical (unpaired) electrons. The van der Waals surface area contributed by atoms with E-state index in [4.69, 9.17) is 5.73 Å². The van der Waals surface area contributed by atoms with Crippen molar-refractivity contribution in [3.63, 3.8) is 0 Å². The molecule has 10 heteroatoms. The molecular weight excluding hydrogens is 428 g/mol. The van der Waals surface area contributed by atoms with Gasteiger partial charge in [0.15, 0.2) is 9.84 Å². The van der Waals surface area contributed by atoms with Gasteiger partial charge in [-0.3, -0.25) is 4.79 Å². The fourth-order valence-corrected chi connectivity index (χ4v) is 4.62. The van der Waals surface area contributed by atoms with E-state index in [-0.39, 0.29) is 24.1 Å². The van der Waals surface area contributed by atoms with Gasteiger partial charge in [0.1, 0.15) is 0 Å². The van der Waals surface area contributed by atoms with E-state index in [1.54, 1.807) is 24.4 Å². The van der Waals surface area contributed by atoms with Crippen molar-refractivity contribution in [1.29, 1.82) is 0 Å². The van der Waals surface area contributed by atoms with Crippen molar-refractivity contribution in [2.45, 2.75) is 0 Å². The Labute approximate surface area is 186 Å². The van der Waals surface area contributed by atoms with E-state index < -0.39 is 9.84 Å². The average Bonchev–Trinajstić information content (AvgIpc) is 2.80. The number of nitrogens with one attached hydrogen (secondary N) is 2. The number of rotatable bonds is 6. The second-order valence-corrected chi connectivity index (χ2v) is 9.67. The molecule has 0 unspecified atom stereocenters. The number of anilines is 3. The lowest BCUT2D eigenvalue weighted by molar-refractivity contribution is 0.0955. The fourth-order valence-electron chi connectivity index (χ4n) is 3.42. The van der Waals surface area contributed by atoms with E-state index >= 15 is 0 Å². The molecule has 4 rings (SSSR count). The van der Waals surface area contributed by atoms with Gasteiger partial charge in [-0.1, -0.05) is 12.1 Å². The quantitative estimate of drug-likeness (QED) is 0.483. The molecule has 1 aliphatic rings. The maximum Gasteiger partial charge on any atom is 0.252 e. The third-order valence-corrected chi connectivity index (χ3v) is 6.80. The Bertz CT molecular complexity index is 1180. The van der Waals surface area contributed by atoms with Gasteiger partial charge >= 0.3 is 0 Å². The van der Waals surface area contributed by atoms with Crippen LogP contribution in [-0.2, 0) is 9.84 Å². The van der Waals surface area contributed by atoms with Gasteiger partial charge in [-0.05, 0) is 42.5 Å². The summed E-state index contributed by atoms with van der Waals surface area (Å²) in [4.78, 5) is 22.8. The Morgan fingerprint density at radius 3 is 2.34 bits per heavy atom. The maximum absolute atomic E-state index is 11.8. The number of benzene rings is 2. The van der Waals surface area contributed by atoms with Crippen LogP contribution in [0.25, 0.3) is 11.3 Å². The van der Waals surface area contributed by atoms with E-state index in [1.165, 1.54) is 0 Å². The molecule has 166 valence electrons. The molecule has 2 heterocycles. The smallest absolute Gasteiger partial charge is 0.252 e. The van der Waals surface area contributed by atoms with Crippen LogP contribution in [0.2, 0.25) is 0 Å². The molecule has 0 bridgehead atoms. The summed E-state index contributed by atoms with van der Waals surface area (Å²) < 4.78 is 23.2. The molecule has 1 fully saturated rings. The summed E-state index contributed by atoms with van der Waals surface area (Å²) in [6.45, 7) is 1.10. The number of amides is 1. The Morgan fingerprint density at radius 2 is 1.69 bits per heavy atom. The predicted molar refractivity (Wildman–Crippen MR) is 125 cm³/mol. The highest BCUT2D eigenvalue weighted by molar-refractivity contribution is 7.91. The highest BCUT2D eigenvalue weighted by Gasteiger charge is 2.21. The van der Waals surface area contributed by atoms with Crippen molar-refractivity contribution in [3.05, 3.63) is 66.4 Å². The van der Waals surface area contributed by atoms with Gasteiger partial charge < -0.3 is 21.3 Å². The highest BCUT2D eigenvalue weighted by Crippen LogP contribution is 2.23. The molecule has 0 atom stereocenters. The van der Waals surface area contributed by atoms with Gasteiger partial charge in [0.05, 0.1) is 23.9 Å². The Kier molecular flexibility index (Phi) is 6.33. The minimum absolute atomic E-state index is 0.0858. The second-order valence-electron chi connectivity index (χ2n) is 7.36. The fraction of sp³-hybridized carbons (Fsp3) is 0.227. The summed E-state index contributed by atoms with van der Waals surface area (Å²) in [7, 11) is -2.90. The van der Waals surface area contributed by atoms with Crippen LogP contribution in [0.1, 0.15) is 10.4 Å². The zero-order chi connectivity index (χ0) is 22.6. The largest absolute Gasteiger partial charge is 0.369 e. The lowest BCUT2D eigenvalue weighted by atomic mass is 10.1. The van der Waals surface area contributed by atoms with Gasteiger partial charge in [-0.2, -0.15) is 0 Å². The van der Waals surface area contributed by atoms with Crippen molar-refractivity contribution in [2.24, 2.45) is 5.73 Å². The van der Waals surface area contributed by atoms with Gasteiger partial charge in [-0.25, -0.2) is 18.4 Å². The molecule has 2 aromatic carbocycles. The zero-order valence-electron chi connectivity index (χ0n) is 17.4. The van der Waals surface area contributed by atoms with Crippen molar-refractivity contribution >= 4 is 33.1 Å². The summed E-state index contributed by atoms with van der Waals surface area (Å²) in [5, 5.41) is 5.75. The first kappa shape index (κ1) is 21.7. The number of carbonyl (C=O) groups excluding carboxylic acids is 1. The molecular formula is C22H24N6O3S. The van der Waals surface area contributed by atoms with E-state index in [0.29, 0.717) is 24.6 Å². The Hall–Kier alpha value is -3.50. The molecule has 4 N–H and O–H groups in total. The number of hydrogen-bond acceptors (Lipinski definition) is 8. The Morgan fingerprint density at radius 1 is 1.00 bits per heavy atom. The summed E-state index contributed by atoms with van der Waals surface area (Å²) in [5.41, 5.74) is 9.26. The molecule has 3 aromatic rings. The monoisotopic (exact) mass is 452 g/mol. The second kappa shape index (κ2) is 9.33. The van der Waals surface area contributed by atoms with Gasteiger partial charge in [0.25, 0.3) is 5.91 Å². The van der Waals surface area contributed by atoms with Crippen LogP contribution in [0.5, 0.6) is 0 Å². The van der Waals surface area contributed by atoms with Gasteiger partial charge in [0.2, 0.25) is 5.95 Å². The topological polar surface area (TPSA) is 130 Å². The highest BCUT2D eigenvalue weighted by atomic mass is 32.2. The lowest BCUT2D eigenvalue weighted by Crippen LogP contribution is -2.40. The molecule has 1 aromatic heterocycles. The third kappa shape index (κ3) is 5.21. The summed E-state index contributed by atoms with van der Waals surface area (Å²) in [5.74, 6) is 0.599. The van der Waals surface area contributed by atoms with Crippen LogP contribution in [0, 0.1) is 0 Å². The standard InChI is InChI=1S/C22H24N6O3S/c23-15-25-21(29)17-3-1-16(2-4-17)20-9-10-24-22(27-20)26-18-5-7-19(8-6-18)28-11-13-32(30,31)14-12-28/h1-10H,11-15,23H2,(H,25,29)(H,24,26,27). The van der Waals surface area contributed by atoms with Crippen LogP contribution in [0.15, 0.2) is 60.8 Å². The van der Waals surface area contributed by atoms with Crippen molar-refractivity contribution in [1.82, 2.24) is 15.3 Å². The van der Waals surface area contributed by atoms with Crippen molar-refractivity contribution in [3.8, 4) is 11.3 Å². The average molecular weight is 453 g/mol.